The number of phenols is 1. The van der Waals surface area contributed by atoms with Crippen LogP contribution in [0.25, 0.3) is 22.0 Å². The first kappa shape index (κ1) is 19.8. The third-order valence-electron chi connectivity index (χ3n) is 4.23. The van der Waals surface area contributed by atoms with Crippen LogP contribution < -0.4 is 5.32 Å². The molecule has 0 saturated heterocycles. The molecule has 2 aromatic carbocycles. The van der Waals surface area contributed by atoms with Gasteiger partial charge in [-0.1, -0.05) is 17.7 Å². The fraction of sp³-hybridized carbons (Fsp3) is 0.263. The van der Waals surface area contributed by atoms with E-state index in [4.69, 9.17) is 5.11 Å². The second-order valence-corrected chi connectivity index (χ2v) is 6.39. The average Bonchev–Trinajstić information content (AvgIpc) is 2.65. The van der Waals surface area contributed by atoms with Crippen molar-refractivity contribution in [3.8, 4) is 17.0 Å². The molecule has 0 bridgehead atoms. The van der Waals surface area contributed by atoms with E-state index in [-0.39, 0.29) is 17.8 Å². The monoisotopic (exact) mass is 393 g/mol. The smallest absolute Gasteiger partial charge is 0.416 e. The van der Waals surface area contributed by atoms with Gasteiger partial charge in [0.05, 0.1) is 18.3 Å². The van der Waals surface area contributed by atoms with Crippen LogP contribution in [0.3, 0.4) is 0 Å². The zero-order valence-corrected chi connectivity index (χ0v) is 14.8. The van der Waals surface area contributed by atoms with Gasteiger partial charge in [0.15, 0.2) is 5.82 Å². The second-order valence-electron chi connectivity index (χ2n) is 6.39. The molecule has 3 rings (SSSR count). The fourth-order valence-electron chi connectivity index (χ4n) is 2.79. The molecule has 6 nitrogen and oxygen atoms in total. The second kappa shape index (κ2) is 7.61. The minimum atomic E-state index is -4.57. The van der Waals surface area contributed by atoms with Crippen molar-refractivity contribution in [1.29, 1.82) is 0 Å². The third kappa shape index (κ3) is 4.00. The Morgan fingerprint density at radius 2 is 1.82 bits per heavy atom. The number of fused-ring (bicyclic) bond motifs is 1. The highest BCUT2D eigenvalue weighted by Crippen LogP contribution is 2.38. The molecule has 0 spiro atoms. The summed E-state index contributed by atoms with van der Waals surface area (Å²) < 4.78 is 38.6. The summed E-state index contributed by atoms with van der Waals surface area (Å²) in [6.45, 7) is 1.47. The standard InChI is InChI=1S/C19H18F3N3O3/c1-10-2-4-13-15(6-10)17(24-25-18(13)23-8-12(27)9-26)14-5-3-11(7-16(14)28)19(20,21)22/h2-7,12,26-28H,8-9H2,1H3,(H,23,25)/t12-/m0/s1. The van der Waals surface area contributed by atoms with E-state index >= 15 is 0 Å². The number of anilines is 1. The van der Waals surface area contributed by atoms with Gasteiger partial charge in [0.2, 0.25) is 0 Å². The van der Waals surface area contributed by atoms with Crippen molar-refractivity contribution in [2.45, 2.75) is 19.2 Å². The summed E-state index contributed by atoms with van der Waals surface area (Å²) in [5, 5.41) is 40.8. The SMILES string of the molecule is Cc1ccc2c(NC[C@H](O)CO)nnc(-c3ccc(C(F)(F)F)cc3O)c2c1. The van der Waals surface area contributed by atoms with Crippen LogP contribution in [0.4, 0.5) is 19.0 Å². The molecule has 148 valence electrons. The number of alkyl halides is 3. The van der Waals surface area contributed by atoms with Crippen LogP contribution in [-0.2, 0) is 6.18 Å². The summed E-state index contributed by atoms with van der Waals surface area (Å²) in [6, 6.07) is 8.06. The lowest BCUT2D eigenvalue weighted by molar-refractivity contribution is -0.137. The van der Waals surface area contributed by atoms with Crippen molar-refractivity contribution >= 4 is 16.6 Å². The van der Waals surface area contributed by atoms with Crippen molar-refractivity contribution in [1.82, 2.24) is 10.2 Å². The van der Waals surface area contributed by atoms with Crippen LogP contribution in [-0.4, -0.2) is 44.8 Å². The van der Waals surface area contributed by atoms with Crippen LogP contribution in [0.1, 0.15) is 11.1 Å². The Morgan fingerprint density at radius 1 is 1.07 bits per heavy atom. The lowest BCUT2D eigenvalue weighted by Crippen LogP contribution is -2.23. The number of nitrogens with zero attached hydrogens (tertiary/aromatic N) is 2. The number of aliphatic hydroxyl groups excluding tert-OH is 2. The number of rotatable bonds is 5. The van der Waals surface area contributed by atoms with E-state index < -0.39 is 30.2 Å². The van der Waals surface area contributed by atoms with E-state index in [1.54, 1.807) is 12.1 Å². The van der Waals surface area contributed by atoms with Crippen LogP contribution >= 0.6 is 0 Å². The van der Waals surface area contributed by atoms with Gasteiger partial charge in [0.25, 0.3) is 0 Å². The van der Waals surface area contributed by atoms with Crippen molar-refractivity contribution < 1.29 is 28.5 Å². The topological polar surface area (TPSA) is 98.5 Å². The normalized spacial score (nSPS) is 12.9. The van der Waals surface area contributed by atoms with Gasteiger partial charge in [-0.15, -0.1) is 10.2 Å². The van der Waals surface area contributed by atoms with Crippen LogP contribution in [0.2, 0.25) is 0 Å². The van der Waals surface area contributed by atoms with Crippen molar-refractivity contribution in [3.05, 3.63) is 47.5 Å². The summed E-state index contributed by atoms with van der Waals surface area (Å²) in [5.74, 6) is -0.207. The summed E-state index contributed by atoms with van der Waals surface area (Å²) in [7, 11) is 0. The Labute approximate surface area is 158 Å². The number of aromatic nitrogens is 2. The zero-order valence-electron chi connectivity index (χ0n) is 14.8. The summed E-state index contributed by atoms with van der Waals surface area (Å²) in [5.41, 5.74) is 0.282. The molecule has 1 heterocycles. The van der Waals surface area contributed by atoms with Gasteiger partial charge in [-0.05, 0) is 31.2 Å². The van der Waals surface area contributed by atoms with Crippen LogP contribution in [0, 0.1) is 6.92 Å². The minimum Gasteiger partial charge on any atom is -0.507 e. The Hall–Kier alpha value is -2.91. The molecule has 1 atom stereocenters. The first-order chi connectivity index (χ1) is 13.2. The molecule has 28 heavy (non-hydrogen) atoms. The maximum Gasteiger partial charge on any atom is 0.416 e. The van der Waals surface area contributed by atoms with E-state index in [0.717, 1.165) is 17.7 Å². The van der Waals surface area contributed by atoms with E-state index in [2.05, 4.69) is 15.5 Å². The van der Waals surface area contributed by atoms with Gasteiger partial charge >= 0.3 is 6.18 Å². The molecular weight excluding hydrogens is 375 g/mol. The highest BCUT2D eigenvalue weighted by atomic mass is 19.4. The van der Waals surface area contributed by atoms with Crippen LogP contribution in [0.15, 0.2) is 36.4 Å². The molecule has 4 N–H and O–H groups in total. The number of nitrogens with one attached hydrogen (secondary N) is 1. The predicted octanol–water partition coefficient (Wildman–Crippen LogP) is 3.09. The number of hydrogen-bond donors (Lipinski definition) is 4. The lowest BCUT2D eigenvalue weighted by atomic mass is 10.0. The number of phenolic OH excluding ortho intramolecular Hbond substituents is 1. The maximum absolute atomic E-state index is 12.9. The number of aliphatic hydroxyl groups is 2. The molecule has 0 saturated carbocycles. The van der Waals surface area contributed by atoms with Gasteiger partial charge in [0, 0.05) is 22.9 Å². The Balaban J connectivity index is 2.11. The highest BCUT2D eigenvalue weighted by Gasteiger charge is 2.31. The maximum atomic E-state index is 12.9. The Morgan fingerprint density at radius 3 is 2.46 bits per heavy atom. The van der Waals surface area contributed by atoms with Gasteiger partial charge in [-0.2, -0.15) is 13.2 Å². The molecule has 1 aromatic heterocycles. The van der Waals surface area contributed by atoms with Crippen molar-refractivity contribution in [3.63, 3.8) is 0 Å². The number of aryl methyl sites for hydroxylation is 1. The Kier molecular flexibility index (Phi) is 5.39. The summed E-state index contributed by atoms with van der Waals surface area (Å²) >= 11 is 0. The predicted molar refractivity (Wildman–Crippen MR) is 98.0 cm³/mol. The summed E-state index contributed by atoms with van der Waals surface area (Å²) in [6.07, 6.45) is -5.55. The molecule has 0 fully saturated rings. The lowest BCUT2D eigenvalue weighted by Gasteiger charge is -2.15. The number of aromatic hydroxyl groups is 1. The van der Waals surface area contributed by atoms with Gasteiger partial charge in [-0.3, -0.25) is 0 Å². The number of benzene rings is 2. The fourth-order valence-corrected chi connectivity index (χ4v) is 2.79. The Bertz CT molecular complexity index is 1010. The average molecular weight is 393 g/mol. The number of halogens is 3. The van der Waals surface area contributed by atoms with Gasteiger partial charge < -0.3 is 20.6 Å². The molecule has 3 aromatic rings. The largest absolute Gasteiger partial charge is 0.507 e. The van der Waals surface area contributed by atoms with Gasteiger partial charge in [-0.25, -0.2) is 0 Å². The zero-order chi connectivity index (χ0) is 20.5. The highest BCUT2D eigenvalue weighted by molar-refractivity contribution is 6.01. The summed E-state index contributed by atoms with van der Waals surface area (Å²) in [4.78, 5) is 0. The molecular formula is C19H18F3N3O3. The van der Waals surface area contributed by atoms with E-state index in [9.17, 15) is 23.4 Å². The molecule has 0 radical (unpaired) electrons. The van der Waals surface area contributed by atoms with Crippen molar-refractivity contribution in [2.24, 2.45) is 0 Å². The van der Waals surface area contributed by atoms with E-state index in [1.165, 1.54) is 0 Å². The number of hydrogen-bond acceptors (Lipinski definition) is 6. The molecule has 0 aliphatic carbocycles. The minimum absolute atomic E-state index is 0.0407. The first-order valence-corrected chi connectivity index (χ1v) is 8.41. The quantitative estimate of drug-likeness (QED) is 0.532. The molecule has 0 aliphatic rings. The molecule has 9 heteroatoms. The van der Waals surface area contributed by atoms with E-state index in [0.29, 0.717) is 22.7 Å². The first-order valence-electron chi connectivity index (χ1n) is 8.41. The third-order valence-corrected chi connectivity index (χ3v) is 4.23. The molecule has 0 aliphatic heterocycles. The van der Waals surface area contributed by atoms with Crippen molar-refractivity contribution in [2.75, 3.05) is 18.5 Å². The van der Waals surface area contributed by atoms with Crippen LogP contribution in [0.5, 0.6) is 5.75 Å². The molecule has 0 unspecified atom stereocenters. The molecule has 0 amide bonds. The van der Waals surface area contributed by atoms with Gasteiger partial charge in [0.1, 0.15) is 11.4 Å². The van der Waals surface area contributed by atoms with E-state index in [1.807, 2.05) is 13.0 Å².